The number of hydrogen-bond acceptors (Lipinski definition) is 2. The number of rotatable bonds is 0. The van der Waals surface area contributed by atoms with Crippen molar-refractivity contribution in [2.24, 2.45) is 0 Å². The van der Waals surface area contributed by atoms with E-state index >= 15 is 0 Å². The lowest BCUT2D eigenvalue weighted by Crippen LogP contribution is -1.85. The Kier molecular flexibility index (Phi) is 1.28. The second-order valence-corrected chi connectivity index (χ2v) is 2.12. The van der Waals surface area contributed by atoms with E-state index in [2.05, 4.69) is 16.2 Å². The van der Waals surface area contributed by atoms with Crippen molar-refractivity contribution in [2.75, 3.05) is 0 Å². The minimum absolute atomic E-state index is 0.396. The first-order valence-corrected chi connectivity index (χ1v) is 3.15. The van der Waals surface area contributed by atoms with E-state index in [0.29, 0.717) is 5.65 Å². The van der Waals surface area contributed by atoms with Gasteiger partial charge in [-0.15, -0.1) is 0 Å². The van der Waals surface area contributed by atoms with Crippen LogP contribution in [0.2, 0.25) is 0 Å². The van der Waals surface area contributed by atoms with Gasteiger partial charge in [0.1, 0.15) is 0 Å². The molecule has 2 rings (SSSR count). The summed E-state index contributed by atoms with van der Waals surface area (Å²) < 4.78 is 12.5. The van der Waals surface area contributed by atoms with E-state index in [9.17, 15) is 4.39 Å². The van der Waals surface area contributed by atoms with Gasteiger partial charge in [-0.05, 0) is 24.3 Å². The van der Waals surface area contributed by atoms with Crippen LogP contribution >= 0.6 is 0 Å². The largest absolute Gasteiger partial charge is 0.226 e. The van der Waals surface area contributed by atoms with Gasteiger partial charge in [0.05, 0.1) is 6.20 Å². The molecular formula is C8H4FN2. The highest BCUT2D eigenvalue weighted by atomic mass is 19.1. The molecule has 0 bridgehead atoms. The summed E-state index contributed by atoms with van der Waals surface area (Å²) in [4.78, 5) is 7.33. The summed E-state index contributed by atoms with van der Waals surface area (Å²) in [6.07, 6.45) is 2.58. The summed E-state index contributed by atoms with van der Waals surface area (Å²) in [5.41, 5.74) is 0.396. The topological polar surface area (TPSA) is 25.8 Å². The van der Waals surface area contributed by atoms with Crippen LogP contribution in [-0.2, 0) is 0 Å². The summed E-state index contributed by atoms with van der Waals surface area (Å²) >= 11 is 0. The molecule has 1 radical (unpaired) electrons. The minimum Gasteiger partial charge on any atom is -0.226 e. The minimum atomic E-state index is -0.510. The number of pyridine rings is 2. The molecule has 11 heavy (non-hydrogen) atoms. The maximum atomic E-state index is 12.5. The van der Waals surface area contributed by atoms with Gasteiger partial charge in [-0.2, -0.15) is 9.37 Å². The van der Waals surface area contributed by atoms with Crippen LogP contribution < -0.4 is 0 Å². The average Bonchev–Trinajstić information content (AvgIpc) is 2.04. The molecule has 0 aliphatic rings. The van der Waals surface area contributed by atoms with Crippen LogP contribution in [0.5, 0.6) is 0 Å². The van der Waals surface area contributed by atoms with E-state index < -0.39 is 5.95 Å². The summed E-state index contributed by atoms with van der Waals surface area (Å²) in [6, 6.07) is 6.40. The molecule has 3 heteroatoms. The number of aromatic nitrogens is 2. The summed E-state index contributed by atoms with van der Waals surface area (Å²) in [5, 5.41) is 0.824. The van der Waals surface area contributed by atoms with E-state index in [1.165, 1.54) is 6.07 Å². The first-order chi connectivity index (χ1) is 5.36. The molecule has 0 atom stereocenters. The lowest BCUT2D eigenvalue weighted by Gasteiger charge is -1.92. The first kappa shape index (κ1) is 6.22. The normalized spacial score (nSPS) is 10.3. The molecule has 2 aromatic rings. The summed E-state index contributed by atoms with van der Waals surface area (Å²) in [6.45, 7) is 0. The van der Waals surface area contributed by atoms with Crippen LogP contribution in [-0.4, -0.2) is 9.97 Å². The average molecular weight is 147 g/mol. The van der Waals surface area contributed by atoms with Crippen molar-refractivity contribution >= 4 is 11.0 Å². The van der Waals surface area contributed by atoms with Gasteiger partial charge in [-0.3, -0.25) is 0 Å². The molecular weight excluding hydrogens is 143 g/mol. The van der Waals surface area contributed by atoms with E-state index in [0.717, 1.165) is 5.39 Å². The Morgan fingerprint density at radius 3 is 3.09 bits per heavy atom. The van der Waals surface area contributed by atoms with E-state index in [-0.39, 0.29) is 0 Å². The van der Waals surface area contributed by atoms with Crippen molar-refractivity contribution in [1.29, 1.82) is 0 Å². The predicted molar refractivity (Wildman–Crippen MR) is 38.3 cm³/mol. The number of hydrogen-bond donors (Lipinski definition) is 0. The van der Waals surface area contributed by atoms with Crippen LogP contribution in [0.3, 0.4) is 0 Å². The second-order valence-electron chi connectivity index (χ2n) is 2.12. The van der Waals surface area contributed by atoms with Crippen molar-refractivity contribution in [2.45, 2.75) is 0 Å². The molecule has 53 valence electrons. The monoisotopic (exact) mass is 147 g/mol. The van der Waals surface area contributed by atoms with Gasteiger partial charge in [0.15, 0.2) is 5.65 Å². The highest BCUT2D eigenvalue weighted by molar-refractivity contribution is 5.73. The van der Waals surface area contributed by atoms with Gasteiger partial charge in [-0.1, -0.05) is 0 Å². The number of nitrogens with zero attached hydrogens (tertiary/aromatic N) is 2. The second kappa shape index (κ2) is 2.27. The van der Waals surface area contributed by atoms with Crippen LogP contribution in [0.15, 0.2) is 24.3 Å². The molecule has 0 spiro atoms. The van der Waals surface area contributed by atoms with Crippen LogP contribution in [0.25, 0.3) is 11.0 Å². The quantitative estimate of drug-likeness (QED) is 0.528. The Morgan fingerprint density at radius 2 is 2.18 bits per heavy atom. The first-order valence-electron chi connectivity index (χ1n) is 3.15. The van der Waals surface area contributed by atoms with Crippen molar-refractivity contribution in [1.82, 2.24) is 9.97 Å². The highest BCUT2D eigenvalue weighted by Crippen LogP contribution is 2.07. The number of halogens is 1. The third-order valence-corrected chi connectivity index (χ3v) is 1.38. The Labute approximate surface area is 62.7 Å². The predicted octanol–water partition coefficient (Wildman–Crippen LogP) is 1.57. The van der Waals surface area contributed by atoms with Gasteiger partial charge >= 0.3 is 0 Å². The molecule has 2 aromatic heterocycles. The number of fused-ring (bicyclic) bond motifs is 1. The Morgan fingerprint density at radius 1 is 1.27 bits per heavy atom. The highest BCUT2D eigenvalue weighted by Gasteiger charge is 1.95. The summed E-state index contributed by atoms with van der Waals surface area (Å²) in [7, 11) is 0. The zero-order valence-corrected chi connectivity index (χ0v) is 5.58. The smallest absolute Gasteiger partial charge is 0.214 e. The third kappa shape index (κ3) is 1.05. The van der Waals surface area contributed by atoms with Crippen LogP contribution in [0.1, 0.15) is 0 Å². The van der Waals surface area contributed by atoms with Gasteiger partial charge in [0, 0.05) is 5.39 Å². The molecule has 0 amide bonds. The SMILES string of the molecule is Fc1ccc2cc[c]nc2n1. The maximum absolute atomic E-state index is 12.5. The van der Waals surface area contributed by atoms with Crippen LogP contribution in [0.4, 0.5) is 4.39 Å². The van der Waals surface area contributed by atoms with Gasteiger partial charge in [0.2, 0.25) is 5.95 Å². The van der Waals surface area contributed by atoms with Crippen molar-refractivity contribution in [3.05, 3.63) is 36.4 Å². The molecule has 0 N–H and O–H groups in total. The Balaban J connectivity index is 2.83. The molecule has 2 nitrogen and oxygen atoms in total. The van der Waals surface area contributed by atoms with Crippen molar-refractivity contribution < 1.29 is 4.39 Å². The van der Waals surface area contributed by atoms with Crippen molar-refractivity contribution in [3.8, 4) is 0 Å². The Hall–Kier alpha value is -1.51. The lowest BCUT2D eigenvalue weighted by molar-refractivity contribution is 0.588. The molecule has 0 aromatic carbocycles. The molecule has 0 saturated heterocycles. The van der Waals surface area contributed by atoms with Gasteiger partial charge in [0.25, 0.3) is 0 Å². The molecule has 0 aliphatic carbocycles. The molecule has 0 saturated carbocycles. The fraction of sp³-hybridized carbons (Fsp3) is 0. The summed E-state index contributed by atoms with van der Waals surface area (Å²) in [5.74, 6) is -0.510. The fourth-order valence-electron chi connectivity index (χ4n) is 0.881. The molecule has 0 unspecified atom stereocenters. The third-order valence-electron chi connectivity index (χ3n) is 1.38. The van der Waals surface area contributed by atoms with Gasteiger partial charge in [-0.25, -0.2) is 4.98 Å². The maximum Gasteiger partial charge on any atom is 0.214 e. The lowest BCUT2D eigenvalue weighted by atomic mass is 10.3. The van der Waals surface area contributed by atoms with E-state index in [4.69, 9.17) is 0 Å². The van der Waals surface area contributed by atoms with Crippen LogP contribution in [0, 0.1) is 12.1 Å². The standard InChI is InChI=1S/C8H4FN2/c9-7-4-3-6-2-1-5-10-8(6)11-7/h1-4H. The zero-order chi connectivity index (χ0) is 7.68. The zero-order valence-electron chi connectivity index (χ0n) is 5.58. The Bertz CT molecular complexity index is 387. The molecule has 0 aliphatic heterocycles. The molecule has 2 heterocycles. The van der Waals surface area contributed by atoms with E-state index in [1.807, 2.05) is 0 Å². The van der Waals surface area contributed by atoms with Gasteiger partial charge < -0.3 is 0 Å². The molecule has 0 fully saturated rings. The fourth-order valence-corrected chi connectivity index (χ4v) is 0.881. The van der Waals surface area contributed by atoms with E-state index in [1.54, 1.807) is 18.2 Å². The van der Waals surface area contributed by atoms with Crippen molar-refractivity contribution in [3.63, 3.8) is 0 Å².